The zero-order chi connectivity index (χ0) is 25.7. The van der Waals surface area contributed by atoms with Crippen molar-refractivity contribution in [2.24, 2.45) is 11.7 Å². The molecule has 190 valence electrons. The standard InChI is InChI=1S/C23H36N4O6S/c1-14(2)11-16(24)20(29)27-19(13-28)22(31)26-18(12-15-7-5-4-6-8-15)21(30)25-17(23(32)33)9-10-34-3/h4-8,14,16-19,28H,9-13,24H2,1-3H3,(H,25,30)(H,26,31)(H,27,29)(H,32,33). The Bertz CT molecular complexity index is 808. The molecule has 0 radical (unpaired) electrons. The molecule has 4 atom stereocenters. The van der Waals surface area contributed by atoms with Gasteiger partial charge in [0, 0.05) is 6.42 Å². The van der Waals surface area contributed by atoms with Crippen molar-refractivity contribution in [2.45, 2.75) is 57.3 Å². The maximum absolute atomic E-state index is 13.0. The van der Waals surface area contributed by atoms with E-state index in [0.717, 1.165) is 5.56 Å². The van der Waals surface area contributed by atoms with Gasteiger partial charge in [-0.1, -0.05) is 44.2 Å². The lowest BCUT2D eigenvalue weighted by atomic mass is 10.0. The first kappa shape index (κ1) is 29.4. The number of nitrogens with one attached hydrogen (secondary N) is 3. The number of nitrogens with two attached hydrogens (primary N) is 1. The minimum absolute atomic E-state index is 0.0895. The van der Waals surface area contributed by atoms with E-state index in [-0.39, 0.29) is 18.8 Å². The zero-order valence-corrected chi connectivity index (χ0v) is 20.6. The fraction of sp³-hybridized carbons (Fsp3) is 0.565. The third kappa shape index (κ3) is 10.5. The number of carboxylic acids is 1. The van der Waals surface area contributed by atoms with E-state index in [2.05, 4.69) is 16.0 Å². The van der Waals surface area contributed by atoms with Crippen LogP contribution in [0.1, 0.15) is 32.3 Å². The lowest BCUT2D eigenvalue weighted by molar-refractivity contribution is -0.142. The first-order valence-corrected chi connectivity index (χ1v) is 12.5. The van der Waals surface area contributed by atoms with E-state index in [1.807, 2.05) is 20.1 Å². The highest BCUT2D eigenvalue weighted by molar-refractivity contribution is 7.98. The van der Waals surface area contributed by atoms with Crippen molar-refractivity contribution in [3.8, 4) is 0 Å². The van der Waals surface area contributed by atoms with Crippen molar-refractivity contribution in [2.75, 3.05) is 18.6 Å². The van der Waals surface area contributed by atoms with Crippen molar-refractivity contribution in [3.05, 3.63) is 35.9 Å². The van der Waals surface area contributed by atoms with Crippen LogP contribution in [0.3, 0.4) is 0 Å². The van der Waals surface area contributed by atoms with Gasteiger partial charge in [0.1, 0.15) is 18.1 Å². The molecule has 0 fully saturated rings. The number of hydrogen-bond acceptors (Lipinski definition) is 7. The van der Waals surface area contributed by atoms with Gasteiger partial charge in [0.2, 0.25) is 17.7 Å². The summed E-state index contributed by atoms with van der Waals surface area (Å²) in [6.45, 7) is 3.11. The predicted molar refractivity (Wildman–Crippen MR) is 131 cm³/mol. The summed E-state index contributed by atoms with van der Waals surface area (Å²) < 4.78 is 0. The third-order valence-corrected chi connectivity index (χ3v) is 5.66. The second kappa shape index (κ2) is 15.3. The lowest BCUT2D eigenvalue weighted by Gasteiger charge is -2.24. The van der Waals surface area contributed by atoms with Gasteiger partial charge in [0.05, 0.1) is 12.6 Å². The molecule has 10 nitrogen and oxygen atoms in total. The Hall–Kier alpha value is -2.63. The van der Waals surface area contributed by atoms with Crippen LogP contribution in [0.25, 0.3) is 0 Å². The molecular weight excluding hydrogens is 460 g/mol. The van der Waals surface area contributed by atoms with Crippen molar-refractivity contribution >= 4 is 35.5 Å². The molecule has 34 heavy (non-hydrogen) atoms. The Kier molecular flexibility index (Phi) is 13.2. The monoisotopic (exact) mass is 496 g/mol. The van der Waals surface area contributed by atoms with E-state index >= 15 is 0 Å². The fourth-order valence-corrected chi connectivity index (χ4v) is 3.66. The fourth-order valence-electron chi connectivity index (χ4n) is 3.18. The van der Waals surface area contributed by atoms with Crippen LogP contribution in [0.4, 0.5) is 0 Å². The number of aliphatic hydroxyl groups is 1. The number of carbonyl (C=O) groups excluding carboxylic acids is 3. The highest BCUT2D eigenvalue weighted by Gasteiger charge is 2.30. The largest absolute Gasteiger partial charge is 0.480 e. The molecule has 0 heterocycles. The number of rotatable bonds is 15. The van der Waals surface area contributed by atoms with E-state index in [1.165, 1.54) is 11.8 Å². The van der Waals surface area contributed by atoms with Crippen LogP contribution in [0.5, 0.6) is 0 Å². The molecule has 0 saturated heterocycles. The highest BCUT2D eigenvalue weighted by Crippen LogP contribution is 2.07. The molecule has 0 aliphatic rings. The van der Waals surface area contributed by atoms with Gasteiger partial charge in [-0.3, -0.25) is 14.4 Å². The Morgan fingerprint density at radius 1 is 0.941 bits per heavy atom. The summed E-state index contributed by atoms with van der Waals surface area (Å²) in [4.78, 5) is 49.6. The highest BCUT2D eigenvalue weighted by atomic mass is 32.2. The summed E-state index contributed by atoms with van der Waals surface area (Å²) in [7, 11) is 0. The van der Waals surface area contributed by atoms with Gasteiger partial charge in [-0.25, -0.2) is 4.79 Å². The van der Waals surface area contributed by atoms with Gasteiger partial charge in [-0.05, 0) is 36.3 Å². The smallest absolute Gasteiger partial charge is 0.326 e. The molecule has 7 N–H and O–H groups in total. The van der Waals surface area contributed by atoms with E-state index < -0.39 is 54.5 Å². The Labute approximate surface area is 204 Å². The zero-order valence-electron chi connectivity index (χ0n) is 19.8. The van der Waals surface area contributed by atoms with Gasteiger partial charge in [0.25, 0.3) is 0 Å². The van der Waals surface area contributed by atoms with Crippen molar-refractivity contribution in [1.82, 2.24) is 16.0 Å². The van der Waals surface area contributed by atoms with E-state index in [4.69, 9.17) is 5.73 Å². The summed E-state index contributed by atoms with van der Waals surface area (Å²) in [5, 5.41) is 26.5. The number of thioether (sulfide) groups is 1. The number of aliphatic hydroxyl groups excluding tert-OH is 1. The molecule has 0 bridgehead atoms. The summed E-state index contributed by atoms with van der Waals surface area (Å²) in [5.74, 6) is -2.52. The average Bonchev–Trinajstić information content (AvgIpc) is 2.79. The van der Waals surface area contributed by atoms with Crippen LogP contribution < -0.4 is 21.7 Å². The van der Waals surface area contributed by atoms with Crippen LogP contribution in [-0.2, 0) is 25.6 Å². The molecule has 0 aliphatic carbocycles. The molecule has 0 saturated carbocycles. The molecule has 0 aromatic heterocycles. The molecule has 1 rings (SSSR count). The Balaban J connectivity index is 2.98. The summed E-state index contributed by atoms with van der Waals surface area (Å²) in [6, 6.07) is 4.49. The molecule has 1 aromatic rings. The second-order valence-electron chi connectivity index (χ2n) is 8.41. The van der Waals surface area contributed by atoms with Crippen molar-refractivity contribution in [1.29, 1.82) is 0 Å². The van der Waals surface area contributed by atoms with Crippen LogP contribution in [-0.4, -0.2) is 76.7 Å². The number of carbonyl (C=O) groups is 4. The van der Waals surface area contributed by atoms with Crippen molar-refractivity contribution < 1.29 is 29.4 Å². The Morgan fingerprint density at radius 3 is 2.03 bits per heavy atom. The molecule has 0 aliphatic heterocycles. The third-order valence-electron chi connectivity index (χ3n) is 5.02. The van der Waals surface area contributed by atoms with Crippen LogP contribution in [0.15, 0.2) is 30.3 Å². The van der Waals surface area contributed by atoms with Gasteiger partial charge >= 0.3 is 5.97 Å². The topological polar surface area (TPSA) is 171 Å². The quantitative estimate of drug-likeness (QED) is 0.195. The van der Waals surface area contributed by atoms with E-state index in [1.54, 1.807) is 30.3 Å². The molecule has 0 spiro atoms. The first-order chi connectivity index (χ1) is 16.1. The van der Waals surface area contributed by atoms with Gasteiger partial charge in [-0.2, -0.15) is 11.8 Å². The SMILES string of the molecule is CSCCC(NC(=O)C(Cc1ccccc1)NC(=O)C(CO)NC(=O)C(N)CC(C)C)C(=O)O. The summed E-state index contributed by atoms with van der Waals surface area (Å²) in [6.07, 6.45) is 2.54. The first-order valence-electron chi connectivity index (χ1n) is 11.1. The number of amides is 3. The molecule has 1 aromatic carbocycles. The normalized spacial score (nSPS) is 14.5. The number of benzene rings is 1. The minimum atomic E-state index is -1.32. The predicted octanol–water partition coefficient (Wildman–Crippen LogP) is -0.113. The number of carboxylic acid groups (broad SMARTS) is 1. The van der Waals surface area contributed by atoms with Crippen LogP contribution in [0.2, 0.25) is 0 Å². The van der Waals surface area contributed by atoms with Crippen LogP contribution in [0, 0.1) is 5.92 Å². The minimum Gasteiger partial charge on any atom is -0.480 e. The number of aliphatic carboxylic acids is 1. The molecule has 4 unspecified atom stereocenters. The van der Waals surface area contributed by atoms with Gasteiger partial charge < -0.3 is 31.9 Å². The average molecular weight is 497 g/mol. The summed E-state index contributed by atoms with van der Waals surface area (Å²) in [5.41, 5.74) is 6.59. The lowest BCUT2D eigenvalue weighted by Crippen LogP contribution is -2.58. The van der Waals surface area contributed by atoms with Gasteiger partial charge in [0.15, 0.2) is 0 Å². The van der Waals surface area contributed by atoms with Gasteiger partial charge in [-0.15, -0.1) is 0 Å². The Morgan fingerprint density at radius 2 is 1.50 bits per heavy atom. The van der Waals surface area contributed by atoms with Crippen molar-refractivity contribution in [3.63, 3.8) is 0 Å². The second-order valence-corrected chi connectivity index (χ2v) is 9.40. The molecule has 11 heteroatoms. The maximum atomic E-state index is 13.0. The van der Waals surface area contributed by atoms with E-state index in [0.29, 0.717) is 12.2 Å². The number of hydrogen-bond donors (Lipinski definition) is 6. The van der Waals surface area contributed by atoms with E-state index in [9.17, 15) is 29.4 Å². The van der Waals surface area contributed by atoms with Crippen LogP contribution >= 0.6 is 11.8 Å². The molecular formula is C23H36N4O6S. The maximum Gasteiger partial charge on any atom is 0.326 e. The molecule has 3 amide bonds. The summed E-state index contributed by atoms with van der Waals surface area (Å²) >= 11 is 1.45.